The molecule has 2 aliphatic rings. The van der Waals surface area contributed by atoms with E-state index in [1.807, 2.05) is 36.4 Å². The highest BCUT2D eigenvalue weighted by Crippen LogP contribution is 2.35. The molecule has 0 saturated carbocycles. The Balaban J connectivity index is 1.37. The third-order valence-corrected chi connectivity index (χ3v) is 6.40. The van der Waals surface area contributed by atoms with Gasteiger partial charge in [0.2, 0.25) is 6.79 Å². The number of likely N-dealkylation sites (N-methyl/N-ethyl adjacent to an activating group) is 1. The minimum absolute atomic E-state index is 0.0337. The molecule has 1 aromatic heterocycles. The minimum atomic E-state index is -0.0337. The SMILES string of the molecule is CN=C1S/C(=C\c2cn(CCOc3ccc4c(c3)OCO4)c3ccccc23)C(=O)N1C. The van der Waals surface area contributed by atoms with E-state index >= 15 is 0 Å². The number of fused-ring (bicyclic) bond motifs is 2. The number of hydrogen-bond acceptors (Lipinski definition) is 6. The Morgan fingerprint density at radius 2 is 2.03 bits per heavy atom. The van der Waals surface area contributed by atoms with Crippen LogP contribution in [-0.4, -0.2) is 48.0 Å². The highest BCUT2D eigenvalue weighted by Gasteiger charge is 2.30. The summed E-state index contributed by atoms with van der Waals surface area (Å²) in [5.41, 5.74) is 2.09. The Morgan fingerprint density at radius 1 is 1.19 bits per heavy atom. The number of amides is 1. The number of carbonyl (C=O) groups is 1. The number of carbonyl (C=O) groups excluding carboxylic acids is 1. The molecule has 3 aromatic rings. The lowest BCUT2D eigenvalue weighted by atomic mass is 10.1. The number of hydrogen-bond donors (Lipinski definition) is 0. The minimum Gasteiger partial charge on any atom is -0.492 e. The first-order valence-electron chi connectivity index (χ1n) is 9.89. The van der Waals surface area contributed by atoms with Crippen molar-refractivity contribution in [2.75, 3.05) is 27.5 Å². The highest BCUT2D eigenvalue weighted by atomic mass is 32.2. The van der Waals surface area contributed by atoms with E-state index in [4.69, 9.17) is 14.2 Å². The van der Waals surface area contributed by atoms with Crippen molar-refractivity contribution in [1.82, 2.24) is 9.47 Å². The van der Waals surface area contributed by atoms with Gasteiger partial charge in [-0.2, -0.15) is 0 Å². The topological polar surface area (TPSA) is 65.3 Å². The molecule has 2 aromatic carbocycles. The van der Waals surface area contributed by atoms with Gasteiger partial charge >= 0.3 is 0 Å². The van der Waals surface area contributed by atoms with Crippen molar-refractivity contribution in [3.63, 3.8) is 0 Å². The number of nitrogens with zero attached hydrogens (tertiary/aromatic N) is 3. The zero-order valence-electron chi connectivity index (χ0n) is 17.2. The second kappa shape index (κ2) is 8.03. The number of aliphatic imine (C=N–C) groups is 1. The van der Waals surface area contributed by atoms with Crippen LogP contribution >= 0.6 is 11.8 Å². The number of aromatic nitrogens is 1. The van der Waals surface area contributed by atoms with Crippen molar-refractivity contribution in [1.29, 1.82) is 0 Å². The molecule has 0 N–H and O–H groups in total. The second-order valence-corrected chi connectivity index (χ2v) is 8.15. The van der Waals surface area contributed by atoms with Gasteiger partial charge in [0.05, 0.1) is 11.4 Å². The van der Waals surface area contributed by atoms with E-state index in [9.17, 15) is 4.79 Å². The van der Waals surface area contributed by atoms with Crippen LogP contribution in [0.5, 0.6) is 17.2 Å². The Kier molecular flexibility index (Phi) is 5.07. The van der Waals surface area contributed by atoms with E-state index in [1.54, 1.807) is 19.0 Å². The molecule has 3 heterocycles. The van der Waals surface area contributed by atoms with Crippen molar-refractivity contribution in [3.8, 4) is 17.2 Å². The van der Waals surface area contributed by atoms with Gasteiger partial charge in [-0.1, -0.05) is 18.2 Å². The van der Waals surface area contributed by atoms with E-state index in [1.165, 1.54) is 11.8 Å². The predicted octanol–water partition coefficient (Wildman–Crippen LogP) is 3.98. The third-order valence-electron chi connectivity index (χ3n) is 5.25. The number of benzene rings is 2. The first kappa shape index (κ1) is 19.6. The molecule has 1 fully saturated rings. The van der Waals surface area contributed by atoms with Crippen molar-refractivity contribution in [2.45, 2.75) is 6.54 Å². The molecular weight excluding hydrogens is 414 g/mol. The van der Waals surface area contributed by atoms with E-state index in [2.05, 4.69) is 27.9 Å². The van der Waals surface area contributed by atoms with E-state index in [-0.39, 0.29) is 12.7 Å². The van der Waals surface area contributed by atoms with Gasteiger partial charge in [-0.3, -0.25) is 14.7 Å². The lowest BCUT2D eigenvalue weighted by molar-refractivity contribution is -0.121. The van der Waals surface area contributed by atoms with Crippen molar-refractivity contribution < 1.29 is 19.0 Å². The smallest absolute Gasteiger partial charge is 0.266 e. The highest BCUT2D eigenvalue weighted by molar-refractivity contribution is 8.18. The van der Waals surface area contributed by atoms with Gasteiger partial charge < -0.3 is 18.8 Å². The fourth-order valence-corrected chi connectivity index (χ4v) is 4.61. The molecule has 1 saturated heterocycles. The average molecular weight is 436 g/mol. The molecule has 1 amide bonds. The van der Waals surface area contributed by atoms with Crippen LogP contribution in [0.3, 0.4) is 0 Å². The molecular formula is C23H21N3O4S. The summed E-state index contributed by atoms with van der Waals surface area (Å²) in [4.78, 5) is 19.0. The molecule has 0 atom stereocenters. The molecule has 8 heteroatoms. The molecule has 5 rings (SSSR count). The number of rotatable bonds is 5. The summed E-state index contributed by atoms with van der Waals surface area (Å²) in [6.45, 7) is 1.41. The van der Waals surface area contributed by atoms with Gasteiger partial charge in [0.15, 0.2) is 16.7 Å². The fraction of sp³-hybridized carbons (Fsp3) is 0.217. The third kappa shape index (κ3) is 3.63. The Labute approximate surface area is 183 Å². The normalized spacial score (nSPS) is 18.0. The van der Waals surface area contributed by atoms with Crippen LogP contribution in [-0.2, 0) is 11.3 Å². The Morgan fingerprint density at radius 3 is 2.87 bits per heavy atom. The maximum atomic E-state index is 12.5. The molecule has 2 aliphatic heterocycles. The molecule has 158 valence electrons. The number of thioether (sulfide) groups is 1. The summed E-state index contributed by atoms with van der Waals surface area (Å²) in [5, 5.41) is 1.80. The van der Waals surface area contributed by atoms with Crippen LogP contribution in [0.15, 0.2) is 58.6 Å². The molecule has 0 aliphatic carbocycles. The molecule has 0 radical (unpaired) electrons. The number of ether oxygens (including phenoxy) is 3. The Bertz CT molecular complexity index is 1230. The van der Waals surface area contributed by atoms with Crippen molar-refractivity contribution >= 4 is 39.8 Å². The van der Waals surface area contributed by atoms with Crippen LogP contribution < -0.4 is 14.2 Å². The van der Waals surface area contributed by atoms with Crippen LogP contribution in [0.4, 0.5) is 0 Å². The standard InChI is InChI=1S/C23H21N3O4S/c1-24-23-25(2)22(27)21(31-23)11-15-13-26(18-6-4-3-5-17(15)18)9-10-28-16-7-8-19-20(12-16)30-14-29-19/h3-8,11-13H,9-10,14H2,1-2H3/b21-11-,24-23?. The van der Waals surface area contributed by atoms with Gasteiger partial charge in [0, 0.05) is 42.8 Å². The van der Waals surface area contributed by atoms with Gasteiger partial charge in [-0.05, 0) is 36.0 Å². The number of amidine groups is 1. The van der Waals surface area contributed by atoms with Gasteiger partial charge in [-0.15, -0.1) is 0 Å². The summed E-state index contributed by atoms with van der Waals surface area (Å²) in [6.07, 6.45) is 4.01. The summed E-state index contributed by atoms with van der Waals surface area (Å²) in [7, 11) is 3.44. The van der Waals surface area contributed by atoms with Crippen molar-refractivity contribution in [3.05, 3.63) is 59.1 Å². The monoisotopic (exact) mass is 435 g/mol. The molecule has 0 unspecified atom stereocenters. The first-order chi connectivity index (χ1) is 15.1. The average Bonchev–Trinajstić information content (AvgIpc) is 3.47. The van der Waals surface area contributed by atoms with E-state index < -0.39 is 0 Å². The maximum absolute atomic E-state index is 12.5. The van der Waals surface area contributed by atoms with E-state index in [0.29, 0.717) is 29.0 Å². The largest absolute Gasteiger partial charge is 0.492 e. The van der Waals surface area contributed by atoms with Crippen LogP contribution in [0.1, 0.15) is 5.56 Å². The lowest BCUT2D eigenvalue weighted by Crippen LogP contribution is -2.23. The fourth-order valence-electron chi connectivity index (χ4n) is 3.69. The van der Waals surface area contributed by atoms with Gasteiger partial charge in [0.25, 0.3) is 5.91 Å². The lowest BCUT2D eigenvalue weighted by Gasteiger charge is -2.09. The van der Waals surface area contributed by atoms with Gasteiger partial charge in [-0.25, -0.2) is 0 Å². The summed E-state index contributed by atoms with van der Waals surface area (Å²) >= 11 is 1.40. The maximum Gasteiger partial charge on any atom is 0.266 e. The summed E-state index contributed by atoms with van der Waals surface area (Å²) in [5.74, 6) is 2.15. The predicted molar refractivity (Wildman–Crippen MR) is 122 cm³/mol. The zero-order valence-corrected chi connectivity index (χ0v) is 18.0. The Hall–Kier alpha value is -3.39. The van der Waals surface area contributed by atoms with Crippen LogP contribution in [0.25, 0.3) is 17.0 Å². The molecule has 31 heavy (non-hydrogen) atoms. The van der Waals surface area contributed by atoms with Crippen molar-refractivity contribution in [2.24, 2.45) is 4.99 Å². The number of para-hydroxylation sites is 1. The molecule has 0 bridgehead atoms. The zero-order chi connectivity index (χ0) is 21.4. The summed E-state index contributed by atoms with van der Waals surface area (Å²) < 4.78 is 18.8. The van der Waals surface area contributed by atoms with Crippen LogP contribution in [0, 0.1) is 0 Å². The van der Waals surface area contributed by atoms with Crippen LogP contribution in [0.2, 0.25) is 0 Å². The van der Waals surface area contributed by atoms with E-state index in [0.717, 1.165) is 28.0 Å². The quantitative estimate of drug-likeness (QED) is 0.567. The second-order valence-electron chi connectivity index (χ2n) is 7.14. The van der Waals surface area contributed by atoms with Gasteiger partial charge in [0.1, 0.15) is 12.4 Å². The first-order valence-corrected chi connectivity index (χ1v) is 10.7. The summed E-state index contributed by atoms with van der Waals surface area (Å²) in [6, 6.07) is 13.7. The molecule has 0 spiro atoms. The molecule has 7 nitrogen and oxygen atoms in total.